The van der Waals surface area contributed by atoms with Crippen molar-refractivity contribution in [2.75, 3.05) is 6.54 Å². The van der Waals surface area contributed by atoms with E-state index >= 15 is 0 Å². The summed E-state index contributed by atoms with van der Waals surface area (Å²) in [7, 11) is 0. The number of halogens is 1. The number of hydrogen-bond donors (Lipinski definition) is 2. The third-order valence-electron chi connectivity index (χ3n) is 2.16. The smallest absolute Gasteiger partial charge is 0.303 e. The van der Waals surface area contributed by atoms with E-state index in [9.17, 15) is 14.0 Å². The molecule has 96 valence electrons. The summed E-state index contributed by atoms with van der Waals surface area (Å²) in [5.74, 6) is -1.51. The third-order valence-corrected chi connectivity index (χ3v) is 2.16. The largest absolute Gasteiger partial charge is 0.481 e. The van der Waals surface area contributed by atoms with Gasteiger partial charge in [0.15, 0.2) is 0 Å². The molecular formula is C13H14FNO3. The van der Waals surface area contributed by atoms with Crippen LogP contribution in [0.3, 0.4) is 0 Å². The van der Waals surface area contributed by atoms with Crippen molar-refractivity contribution in [2.45, 2.75) is 12.8 Å². The molecule has 0 aliphatic heterocycles. The number of nitrogens with one attached hydrogen (secondary N) is 1. The Hall–Kier alpha value is -2.17. The number of carbonyl (C=O) groups excluding carboxylic acids is 1. The molecule has 0 unspecified atom stereocenters. The highest BCUT2D eigenvalue weighted by molar-refractivity contribution is 5.91. The molecule has 0 atom stereocenters. The first kappa shape index (κ1) is 13.9. The van der Waals surface area contributed by atoms with Gasteiger partial charge in [0.05, 0.1) is 0 Å². The van der Waals surface area contributed by atoms with E-state index in [0.29, 0.717) is 13.0 Å². The van der Waals surface area contributed by atoms with Crippen molar-refractivity contribution >= 4 is 18.0 Å². The Morgan fingerprint density at radius 2 is 1.94 bits per heavy atom. The minimum Gasteiger partial charge on any atom is -0.481 e. The first-order chi connectivity index (χ1) is 8.58. The van der Waals surface area contributed by atoms with Gasteiger partial charge < -0.3 is 10.4 Å². The summed E-state index contributed by atoms with van der Waals surface area (Å²) in [6.07, 6.45) is 3.31. The molecule has 18 heavy (non-hydrogen) atoms. The van der Waals surface area contributed by atoms with Crippen molar-refractivity contribution in [1.82, 2.24) is 5.32 Å². The van der Waals surface area contributed by atoms with Crippen molar-refractivity contribution in [1.29, 1.82) is 0 Å². The summed E-state index contributed by atoms with van der Waals surface area (Å²) in [6.45, 7) is 0.318. The molecule has 2 N–H and O–H groups in total. The normalized spacial score (nSPS) is 10.5. The number of carbonyl (C=O) groups is 2. The number of amides is 1. The molecule has 5 heteroatoms. The molecule has 1 amide bonds. The predicted octanol–water partition coefficient (Wildman–Crippen LogP) is 1.82. The predicted molar refractivity (Wildman–Crippen MR) is 65.3 cm³/mol. The van der Waals surface area contributed by atoms with Crippen LogP contribution in [-0.4, -0.2) is 23.5 Å². The van der Waals surface area contributed by atoms with E-state index in [1.54, 1.807) is 18.2 Å². The van der Waals surface area contributed by atoms with E-state index in [0.717, 1.165) is 5.56 Å². The van der Waals surface area contributed by atoms with Crippen LogP contribution in [0.4, 0.5) is 4.39 Å². The fourth-order valence-corrected chi connectivity index (χ4v) is 1.26. The minimum atomic E-state index is -0.883. The Labute approximate surface area is 104 Å². The molecule has 1 rings (SSSR count). The fourth-order valence-electron chi connectivity index (χ4n) is 1.26. The number of aliphatic carboxylic acids is 1. The SMILES string of the molecule is O=C(O)CCCNC(=O)C=Cc1ccc(F)cc1. The van der Waals surface area contributed by atoms with Crippen molar-refractivity contribution < 1.29 is 19.1 Å². The topological polar surface area (TPSA) is 66.4 Å². The van der Waals surface area contributed by atoms with Crippen LogP contribution in [0.1, 0.15) is 18.4 Å². The first-order valence-electron chi connectivity index (χ1n) is 5.51. The molecule has 0 aliphatic rings. The van der Waals surface area contributed by atoms with Crippen LogP contribution in [0.5, 0.6) is 0 Å². The standard InChI is InChI=1S/C13H14FNO3/c14-11-6-3-10(4-7-11)5-8-12(16)15-9-1-2-13(17)18/h3-8H,1-2,9H2,(H,15,16)(H,17,18). The summed E-state index contributed by atoms with van der Waals surface area (Å²) in [6, 6.07) is 5.74. The molecule has 0 radical (unpaired) electrons. The molecule has 0 aromatic heterocycles. The van der Waals surface area contributed by atoms with Crippen molar-refractivity contribution in [3.05, 3.63) is 41.7 Å². The lowest BCUT2D eigenvalue weighted by atomic mass is 10.2. The summed E-state index contributed by atoms with van der Waals surface area (Å²) in [5.41, 5.74) is 0.720. The van der Waals surface area contributed by atoms with Crippen LogP contribution in [0.2, 0.25) is 0 Å². The average Bonchev–Trinajstić information content (AvgIpc) is 2.34. The van der Waals surface area contributed by atoms with Gasteiger partial charge >= 0.3 is 5.97 Å². The number of benzene rings is 1. The quantitative estimate of drug-likeness (QED) is 0.598. The van der Waals surface area contributed by atoms with E-state index in [1.165, 1.54) is 18.2 Å². The van der Waals surface area contributed by atoms with E-state index in [4.69, 9.17) is 5.11 Å². The Balaban J connectivity index is 2.31. The maximum Gasteiger partial charge on any atom is 0.303 e. The van der Waals surface area contributed by atoms with Gasteiger partial charge in [-0.1, -0.05) is 12.1 Å². The zero-order valence-corrected chi connectivity index (χ0v) is 9.73. The maximum atomic E-state index is 12.6. The lowest BCUT2D eigenvalue weighted by Gasteiger charge is -1.99. The Morgan fingerprint density at radius 1 is 1.28 bits per heavy atom. The molecule has 0 fully saturated rings. The molecule has 0 spiro atoms. The highest BCUT2D eigenvalue weighted by atomic mass is 19.1. The zero-order valence-electron chi connectivity index (χ0n) is 9.73. The second kappa shape index (κ2) is 7.21. The van der Waals surface area contributed by atoms with E-state index in [-0.39, 0.29) is 18.1 Å². The highest BCUT2D eigenvalue weighted by Crippen LogP contribution is 2.04. The van der Waals surface area contributed by atoms with Gasteiger partial charge in [-0.2, -0.15) is 0 Å². The summed E-state index contributed by atoms with van der Waals surface area (Å²) < 4.78 is 12.6. The second-order valence-electron chi connectivity index (χ2n) is 3.67. The average molecular weight is 251 g/mol. The number of carboxylic acids is 1. The van der Waals surface area contributed by atoms with Gasteiger partial charge in [0.2, 0.25) is 5.91 Å². The minimum absolute atomic E-state index is 0.0297. The van der Waals surface area contributed by atoms with Crippen LogP contribution >= 0.6 is 0 Å². The number of hydrogen-bond acceptors (Lipinski definition) is 2. The van der Waals surface area contributed by atoms with E-state index in [1.807, 2.05) is 0 Å². The zero-order chi connectivity index (χ0) is 13.4. The lowest BCUT2D eigenvalue weighted by Crippen LogP contribution is -2.22. The van der Waals surface area contributed by atoms with Gasteiger partial charge in [0.1, 0.15) is 5.82 Å². The van der Waals surface area contributed by atoms with Crippen molar-refractivity contribution in [3.63, 3.8) is 0 Å². The molecule has 0 saturated heterocycles. The Kier molecular flexibility index (Phi) is 5.57. The first-order valence-corrected chi connectivity index (χ1v) is 5.51. The van der Waals surface area contributed by atoms with Crippen LogP contribution in [0, 0.1) is 5.82 Å². The maximum absolute atomic E-state index is 12.6. The lowest BCUT2D eigenvalue weighted by molar-refractivity contribution is -0.137. The van der Waals surface area contributed by atoms with Gasteiger partial charge in [0, 0.05) is 19.0 Å². The van der Waals surface area contributed by atoms with E-state index < -0.39 is 5.97 Å². The van der Waals surface area contributed by atoms with Gasteiger partial charge in [-0.25, -0.2) is 4.39 Å². The number of carboxylic acid groups (broad SMARTS) is 1. The Bertz CT molecular complexity index is 440. The van der Waals surface area contributed by atoms with Gasteiger partial charge in [-0.05, 0) is 30.2 Å². The Morgan fingerprint density at radius 3 is 2.56 bits per heavy atom. The molecule has 1 aromatic rings. The van der Waals surface area contributed by atoms with Gasteiger partial charge in [-0.3, -0.25) is 9.59 Å². The number of rotatable bonds is 6. The summed E-state index contributed by atoms with van der Waals surface area (Å²) in [5, 5.41) is 11.0. The van der Waals surface area contributed by atoms with Crippen LogP contribution < -0.4 is 5.32 Å². The van der Waals surface area contributed by atoms with Crippen molar-refractivity contribution in [2.24, 2.45) is 0 Å². The molecule has 0 heterocycles. The monoisotopic (exact) mass is 251 g/mol. The second-order valence-corrected chi connectivity index (χ2v) is 3.67. The molecule has 0 aliphatic carbocycles. The summed E-state index contributed by atoms with van der Waals surface area (Å²) >= 11 is 0. The van der Waals surface area contributed by atoms with Crippen molar-refractivity contribution in [3.8, 4) is 0 Å². The molecule has 4 nitrogen and oxygen atoms in total. The van der Waals surface area contributed by atoms with Crippen LogP contribution in [-0.2, 0) is 9.59 Å². The summed E-state index contributed by atoms with van der Waals surface area (Å²) in [4.78, 5) is 21.5. The van der Waals surface area contributed by atoms with Gasteiger partial charge in [-0.15, -0.1) is 0 Å². The molecule has 1 aromatic carbocycles. The van der Waals surface area contributed by atoms with Gasteiger partial charge in [0.25, 0.3) is 0 Å². The third kappa shape index (κ3) is 5.79. The molecule has 0 saturated carbocycles. The molecule has 0 bridgehead atoms. The molecular weight excluding hydrogens is 237 g/mol. The van der Waals surface area contributed by atoms with Crippen LogP contribution in [0.25, 0.3) is 6.08 Å². The fraction of sp³-hybridized carbons (Fsp3) is 0.231. The highest BCUT2D eigenvalue weighted by Gasteiger charge is 1.98. The van der Waals surface area contributed by atoms with Crippen LogP contribution in [0.15, 0.2) is 30.3 Å². The van der Waals surface area contributed by atoms with E-state index in [2.05, 4.69) is 5.32 Å².